The van der Waals surface area contributed by atoms with Crippen LogP contribution in [-0.4, -0.2) is 6.29 Å². The van der Waals surface area contributed by atoms with Gasteiger partial charge in [0.1, 0.15) is 6.29 Å². The number of carbonyl (C=O) groups is 1. The van der Waals surface area contributed by atoms with Crippen molar-refractivity contribution < 1.29 is 4.79 Å². The van der Waals surface area contributed by atoms with Gasteiger partial charge in [0, 0.05) is 0 Å². The Morgan fingerprint density at radius 1 is 1.08 bits per heavy atom. The second-order valence-corrected chi connectivity index (χ2v) is 7.32. The van der Waals surface area contributed by atoms with Gasteiger partial charge in [-0.25, -0.2) is 0 Å². The van der Waals surface area contributed by atoms with Crippen molar-refractivity contribution in [1.29, 1.82) is 0 Å². The Kier molecular flexibility index (Phi) is 4.28. The van der Waals surface area contributed by atoms with E-state index in [2.05, 4.69) is 69.3 Å². The second kappa shape index (κ2) is 6.24. The summed E-state index contributed by atoms with van der Waals surface area (Å²) in [5.41, 5.74) is 8.72. The van der Waals surface area contributed by atoms with E-state index in [0.29, 0.717) is 0 Å². The predicted octanol–water partition coefficient (Wildman–Crippen LogP) is 5.71. The van der Waals surface area contributed by atoms with E-state index >= 15 is 0 Å². The molecule has 0 amide bonds. The minimum atomic E-state index is 0.129. The van der Waals surface area contributed by atoms with Gasteiger partial charge in [0.25, 0.3) is 0 Å². The van der Waals surface area contributed by atoms with E-state index in [9.17, 15) is 4.79 Å². The van der Waals surface area contributed by atoms with E-state index in [1.54, 1.807) is 6.08 Å². The number of hydrogen-bond acceptors (Lipinski definition) is 1. The largest absolute Gasteiger partial charge is 0.299 e. The molecule has 0 aliphatic heterocycles. The van der Waals surface area contributed by atoms with Gasteiger partial charge >= 0.3 is 0 Å². The highest BCUT2D eigenvalue weighted by molar-refractivity contribution is 5.87. The molecule has 0 bridgehead atoms. The lowest BCUT2D eigenvalue weighted by molar-refractivity contribution is -0.104. The summed E-state index contributed by atoms with van der Waals surface area (Å²) in [5.74, 6) is 0. The number of hydrogen-bond donors (Lipinski definition) is 0. The van der Waals surface area contributed by atoms with Gasteiger partial charge < -0.3 is 0 Å². The molecule has 0 heterocycles. The topological polar surface area (TPSA) is 17.1 Å². The van der Waals surface area contributed by atoms with Crippen LogP contribution in [-0.2, 0) is 10.2 Å². The minimum Gasteiger partial charge on any atom is -0.299 e. The number of aryl methyl sites for hydroxylation is 1. The summed E-state index contributed by atoms with van der Waals surface area (Å²) in [4.78, 5) is 10.8. The Morgan fingerprint density at radius 2 is 1.79 bits per heavy atom. The van der Waals surface area contributed by atoms with Crippen molar-refractivity contribution in [2.45, 2.75) is 39.5 Å². The maximum Gasteiger partial charge on any atom is 0.143 e. The molecule has 1 aliphatic carbocycles. The number of aldehydes is 1. The highest BCUT2D eigenvalue weighted by atomic mass is 16.1. The molecule has 2 aromatic rings. The molecule has 0 aromatic heterocycles. The third-order valence-electron chi connectivity index (χ3n) is 4.99. The molecule has 122 valence electrons. The monoisotopic (exact) mass is 316 g/mol. The van der Waals surface area contributed by atoms with Crippen molar-refractivity contribution in [3.05, 3.63) is 82.4 Å². The molecule has 0 N–H and O–H groups in total. The molecule has 1 nitrogen and oxygen atoms in total. The summed E-state index contributed by atoms with van der Waals surface area (Å²) >= 11 is 0. The minimum absolute atomic E-state index is 0.129. The Hall–Kier alpha value is -2.41. The second-order valence-electron chi connectivity index (χ2n) is 7.32. The first-order chi connectivity index (χ1) is 11.4. The molecule has 1 aliphatic rings. The van der Waals surface area contributed by atoms with Crippen molar-refractivity contribution in [2.24, 2.45) is 0 Å². The fourth-order valence-electron chi connectivity index (χ4n) is 3.38. The highest BCUT2D eigenvalue weighted by Gasteiger charge is 2.28. The van der Waals surface area contributed by atoms with Crippen molar-refractivity contribution in [3.8, 4) is 0 Å². The molecule has 0 spiro atoms. The van der Waals surface area contributed by atoms with Gasteiger partial charge in [0.15, 0.2) is 0 Å². The van der Waals surface area contributed by atoms with Gasteiger partial charge in [-0.05, 0) is 71.2 Å². The Bertz CT molecular complexity index is 833. The van der Waals surface area contributed by atoms with E-state index in [1.807, 2.05) is 6.92 Å². The number of allylic oxidation sites excluding steroid dienone is 3. The molecule has 2 aromatic carbocycles. The molecular formula is C23H24O. The molecule has 0 fully saturated rings. The first-order valence-electron chi connectivity index (χ1n) is 8.47. The summed E-state index contributed by atoms with van der Waals surface area (Å²) in [6.45, 7) is 8.69. The average molecular weight is 316 g/mol. The van der Waals surface area contributed by atoms with E-state index in [-0.39, 0.29) is 5.41 Å². The summed E-state index contributed by atoms with van der Waals surface area (Å²) in [6.07, 6.45) is 5.88. The zero-order chi connectivity index (χ0) is 17.3. The van der Waals surface area contributed by atoms with E-state index < -0.39 is 0 Å². The van der Waals surface area contributed by atoms with Crippen LogP contribution in [0.4, 0.5) is 0 Å². The first kappa shape index (κ1) is 16.4. The van der Waals surface area contributed by atoms with Gasteiger partial charge in [-0.1, -0.05) is 61.9 Å². The fraction of sp³-hybridized carbons (Fsp3) is 0.261. The molecule has 3 rings (SSSR count). The molecule has 0 saturated carbocycles. The van der Waals surface area contributed by atoms with Gasteiger partial charge in [-0.15, -0.1) is 0 Å². The highest BCUT2D eigenvalue weighted by Crippen LogP contribution is 2.42. The number of fused-ring (bicyclic) bond motifs is 1. The normalized spacial score (nSPS) is 16.3. The summed E-state index contributed by atoms with van der Waals surface area (Å²) < 4.78 is 0. The van der Waals surface area contributed by atoms with Crippen molar-refractivity contribution in [3.63, 3.8) is 0 Å². The molecule has 0 radical (unpaired) electrons. The Morgan fingerprint density at radius 3 is 2.46 bits per heavy atom. The number of rotatable bonds is 3. The quantitative estimate of drug-likeness (QED) is 0.523. The first-order valence-corrected chi connectivity index (χ1v) is 8.47. The van der Waals surface area contributed by atoms with Gasteiger partial charge in [-0.3, -0.25) is 4.79 Å². The molecule has 24 heavy (non-hydrogen) atoms. The van der Waals surface area contributed by atoms with Crippen LogP contribution < -0.4 is 0 Å². The standard InChI is InChI=1S/C23H24O/c1-16-5-7-18(8-6-16)20-11-13-23(3,4)22-10-9-19(15-21(20)22)17(2)12-14-24/h5-12,14-15H,13H2,1-4H3. The van der Waals surface area contributed by atoms with Crippen LogP contribution in [0.1, 0.15) is 55.0 Å². The van der Waals surface area contributed by atoms with Crippen LogP contribution in [0, 0.1) is 6.92 Å². The van der Waals surface area contributed by atoms with Crippen molar-refractivity contribution in [1.82, 2.24) is 0 Å². The third kappa shape index (κ3) is 2.99. The van der Waals surface area contributed by atoms with E-state index in [0.717, 1.165) is 23.8 Å². The maximum atomic E-state index is 10.8. The van der Waals surface area contributed by atoms with Gasteiger partial charge in [0.05, 0.1) is 0 Å². The van der Waals surface area contributed by atoms with E-state index in [4.69, 9.17) is 0 Å². The zero-order valence-electron chi connectivity index (χ0n) is 14.9. The fourth-order valence-corrected chi connectivity index (χ4v) is 3.38. The molecule has 0 atom stereocenters. The van der Waals surface area contributed by atoms with Crippen LogP contribution in [0.25, 0.3) is 11.1 Å². The molecule has 0 unspecified atom stereocenters. The maximum absolute atomic E-state index is 10.8. The van der Waals surface area contributed by atoms with Crippen LogP contribution in [0.3, 0.4) is 0 Å². The van der Waals surface area contributed by atoms with Crippen LogP contribution in [0.5, 0.6) is 0 Å². The zero-order valence-corrected chi connectivity index (χ0v) is 14.9. The lowest BCUT2D eigenvalue weighted by atomic mass is 9.71. The average Bonchev–Trinajstić information content (AvgIpc) is 2.56. The van der Waals surface area contributed by atoms with Crippen molar-refractivity contribution in [2.75, 3.05) is 0 Å². The SMILES string of the molecule is CC(=CC=O)c1ccc2c(c1)C(c1ccc(C)cc1)=CCC2(C)C. The number of benzene rings is 2. The third-order valence-corrected chi connectivity index (χ3v) is 4.99. The molecule has 0 saturated heterocycles. The van der Waals surface area contributed by atoms with Crippen LogP contribution >= 0.6 is 0 Å². The summed E-state index contributed by atoms with van der Waals surface area (Å²) in [7, 11) is 0. The molecule has 1 heteroatoms. The van der Waals surface area contributed by atoms with Crippen molar-refractivity contribution >= 4 is 17.4 Å². The van der Waals surface area contributed by atoms with Gasteiger partial charge in [0.2, 0.25) is 0 Å². The smallest absolute Gasteiger partial charge is 0.143 e. The Labute approximate surface area is 144 Å². The lowest BCUT2D eigenvalue weighted by Crippen LogP contribution is -2.22. The van der Waals surface area contributed by atoms with E-state index in [1.165, 1.54) is 27.8 Å². The summed E-state index contributed by atoms with van der Waals surface area (Å²) in [5, 5.41) is 0. The van der Waals surface area contributed by atoms with Crippen LogP contribution in [0.15, 0.2) is 54.6 Å². The van der Waals surface area contributed by atoms with Crippen LogP contribution in [0.2, 0.25) is 0 Å². The lowest BCUT2D eigenvalue weighted by Gasteiger charge is -2.32. The number of carbonyl (C=O) groups excluding carboxylic acids is 1. The van der Waals surface area contributed by atoms with Gasteiger partial charge in [-0.2, -0.15) is 0 Å². The molecular weight excluding hydrogens is 292 g/mol. The predicted molar refractivity (Wildman–Crippen MR) is 102 cm³/mol. The summed E-state index contributed by atoms with van der Waals surface area (Å²) in [6, 6.07) is 15.3. The Balaban J connectivity index is 2.17.